The van der Waals surface area contributed by atoms with E-state index in [1.807, 2.05) is 0 Å². The van der Waals surface area contributed by atoms with Crippen molar-refractivity contribution in [3.05, 3.63) is 12.2 Å². The van der Waals surface area contributed by atoms with Gasteiger partial charge in [0, 0.05) is 6.92 Å². The molecule has 0 aromatic rings. The molecule has 22 heavy (non-hydrogen) atoms. The third kappa shape index (κ3) is 19.2. The van der Waals surface area contributed by atoms with E-state index in [9.17, 15) is 4.79 Å². The SMILES string of the molecule is CCCCC=CCCCCCCCCCCCCOC(C)=O. The van der Waals surface area contributed by atoms with E-state index in [2.05, 4.69) is 19.1 Å². The van der Waals surface area contributed by atoms with Gasteiger partial charge >= 0.3 is 5.97 Å². The highest BCUT2D eigenvalue weighted by atomic mass is 16.5. The van der Waals surface area contributed by atoms with E-state index in [1.54, 1.807) is 0 Å². The van der Waals surface area contributed by atoms with Crippen molar-refractivity contribution in [2.75, 3.05) is 6.61 Å². The first-order valence-electron chi connectivity index (χ1n) is 9.55. The van der Waals surface area contributed by atoms with Crippen LogP contribution >= 0.6 is 0 Å². The molecule has 0 unspecified atom stereocenters. The summed E-state index contributed by atoms with van der Waals surface area (Å²) < 4.78 is 4.92. The Balaban J connectivity index is 3.02. The van der Waals surface area contributed by atoms with Crippen LogP contribution in [0.4, 0.5) is 0 Å². The Kier molecular flexibility index (Phi) is 17.6. The van der Waals surface area contributed by atoms with Crippen molar-refractivity contribution in [1.29, 1.82) is 0 Å². The van der Waals surface area contributed by atoms with Gasteiger partial charge in [-0.1, -0.05) is 83.3 Å². The van der Waals surface area contributed by atoms with Crippen LogP contribution in [0.5, 0.6) is 0 Å². The molecule has 0 atom stereocenters. The van der Waals surface area contributed by atoms with Gasteiger partial charge in [-0.3, -0.25) is 4.79 Å². The van der Waals surface area contributed by atoms with E-state index in [-0.39, 0.29) is 5.97 Å². The highest BCUT2D eigenvalue weighted by Crippen LogP contribution is 2.11. The fraction of sp³-hybridized carbons (Fsp3) is 0.850. The van der Waals surface area contributed by atoms with Crippen LogP contribution < -0.4 is 0 Å². The molecule has 0 aliphatic heterocycles. The lowest BCUT2D eigenvalue weighted by Crippen LogP contribution is -2.00. The second kappa shape index (κ2) is 18.3. The molecule has 0 aliphatic carbocycles. The Labute approximate surface area is 138 Å². The zero-order chi connectivity index (χ0) is 16.3. The van der Waals surface area contributed by atoms with E-state index >= 15 is 0 Å². The molecule has 0 rings (SSSR count). The molecule has 0 bridgehead atoms. The smallest absolute Gasteiger partial charge is 0.302 e. The monoisotopic (exact) mass is 310 g/mol. The van der Waals surface area contributed by atoms with Crippen molar-refractivity contribution >= 4 is 5.97 Å². The Morgan fingerprint density at radius 2 is 1.18 bits per heavy atom. The van der Waals surface area contributed by atoms with Gasteiger partial charge < -0.3 is 4.74 Å². The molecular weight excluding hydrogens is 272 g/mol. The number of hydrogen-bond acceptors (Lipinski definition) is 2. The van der Waals surface area contributed by atoms with Crippen molar-refractivity contribution in [3.63, 3.8) is 0 Å². The number of unbranched alkanes of at least 4 members (excludes halogenated alkanes) is 12. The molecule has 0 fully saturated rings. The van der Waals surface area contributed by atoms with Gasteiger partial charge in [0.2, 0.25) is 0 Å². The van der Waals surface area contributed by atoms with Gasteiger partial charge in [0.1, 0.15) is 0 Å². The Morgan fingerprint density at radius 3 is 1.68 bits per heavy atom. The summed E-state index contributed by atoms with van der Waals surface area (Å²) in [4.78, 5) is 10.6. The lowest BCUT2D eigenvalue weighted by atomic mass is 10.1. The van der Waals surface area contributed by atoms with Crippen LogP contribution in [-0.4, -0.2) is 12.6 Å². The molecule has 0 saturated carbocycles. The molecule has 2 nitrogen and oxygen atoms in total. The van der Waals surface area contributed by atoms with Crippen LogP contribution in [-0.2, 0) is 9.53 Å². The first-order chi connectivity index (χ1) is 10.8. The fourth-order valence-electron chi connectivity index (χ4n) is 2.55. The summed E-state index contributed by atoms with van der Waals surface area (Å²) in [7, 11) is 0. The fourth-order valence-corrected chi connectivity index (χ4v) is 2.55. The minimum Gasteiger partial charge on any atom is -0.466 e. The summed E-state index contributed by atoms with van der Waals surface area (Å²) in [6.45, 7) is 4.32. The predicted molar refractivity (Wildman–Crippen MR) is 96.1 cm³/mol. The average molecular weight is 311 g/mol. The molecule has 0 spiro atoms. The van der Waals surface area contributed by atoms with Gasteiger partial charge in [-0.05, 0) is 25.7 Å². The van der Waals surface area contributed by atoms with E-state index in [1.165, 1.54) is 90.4 Å². The third-order valence-electron chi connectivity index (χ3n) is 3.96. The van der Waals surface area contributed by atoms with Crippen molar-refractivity contribution in [1.82, 2.24) is 0 Å². The van der Waals surface area contributed by atoms with Gasteiger partial charge in [-0.2, -0.15) is 0 Å². The van der Waals surface area contributed by atoms with Crippen LogP contribution in [0.1, 0.15) is 104 Å². The maximum atomic E-state index is 10.6. The minimum atomic E-state index is -0.156. The van der Waals surface area contributed by atoms with E-state index < -0.39 is 0 Å². The van der Waals surface area contributed by atoms with Gasteiger partial charge in [-0.15, -0.1) is 0 Å². The number of ether oxygens (including phenoxy) is 1. The molecule has 0 heterocycles. The number of allylic oxidation sites excluding steroid dienone is 2. The van der Waals surface area contributed by atoms with Crippen LogP contribution in [0.2, 0.25) is 0 Å². The quantitative estimate of drug-likeness (QED) is 0.183. The van der Waals surface area contributed by atoms with Gasteiger partial charge in [0.25, 0.3) is 0 Å². The maximum absolute atomic E-state index is 10.6. The summed E-state index contributed by atoms with van der Waals surface area (Å²) in [5.41, 5.74) is 0. The predicted octanol–water partition coefficient (Wildman–Crippen LogP) is 6.59. The molecular formula is C20H38O2. The summed E-state index contributed by atoms with van der Waals surface area (Å²) in [6.07, 6.45) is 23.0. The molecule has 0 aromatic carbocycles. The number of esters is 1. The third-order valence-corrected chi connectivity index (χ3v) is 3.96. The maximum Gasteiger partial charge on any atom is 0.302 e. The Morgan fingerprint density at radius 1 is 0.727 bits per heavy atom. The Hall–Kier alpha value is -0.790. The molecule has 0 radical (unpaired) electrons. The molecule has 2 heteroatoms. The number of carbonyl (C=O) groups excluding carboxylic acids is 1. The number of rotatable bonds is 16. The number of hydrogen-bond donors (Lipinski definition) is 0. The molecule has 0 aromatic heterocycles. The largest absolute Gasteiger partial charge is 0.466 e. The topological polar surface area (TPSA) is 26.3 Å². The van der Waals surface area contributed by atoms with Gasteiger partial charge in [0.05, 0.1) is 6.61 Å². The summed E-state index contributed by atoms with van der Waals surface area (Å²) in [5, 5.41) is 0. The summed E-state index contributed by atoms with van der Waals surface area (Å²) in [5.74, 6) is -0.156. The van der Waals surface area contributed by atoms with Crippen LogP contribution in [0.15, 0.2) is 12.2 Å². The molecule has 0 amide bonds. The zero-order valence-electron chi connectivity index (χ0n) is 15.1. The lowest BCUT2D eigenvalue weighted by molar-refractivity contribution is -0.141. The van der Waals surface area contributed by atoms with Gasteiger partial charge in [0.15, 0.2) is 0 Å². The van der Waals surface area contributed by atoms with Crippen LogP contribution in [0.25, 0.3) is 0 Å². The normalized spacial score (nSPS) is 11.2. The van der Waals surface area contributed by atoms with Crippen LogP contribution in [0.3, 0.4) is 0 Å². The lowest BCUT2D eigenvalue weighted by Gasteiger charge is -2.03. The molecule has 0 aliphatic rings. The summed E-state index contributed by atoms with van der Waals surface area (Å²) >= 11 is 0. The molecule has 130 valence electrons. The highest BCUT2D eigenvalue weighted by molar-refractivity contribution is 5.65. The number of carbonyl (C=O) groups is 1. The van der Waals surface area contributed by atoms with E-state index in [4.69, 9.17) is 4.74 Å². The minimum absolute atomic E-state index is 0.156. The highest BCUT2D eigenvalue weighted by Gasteiger charge is 1.95. The first-order valence-corrected chi connectivity index (χ1v) is 9.55. The van der Waals surface area contributed by atoms with Crippen molar-refractivity contribution in [3.8, 4) is 0 Å². The van der Waals surface area contributed by atoms with Gasteiger partial charge in [-0.25, -0.2) is 0 Å². The first kappa shape index (κ1) is 21.2. The average Bonchev–Trinajstić information content (AvgIpc) is 2.50. The van der Waals surface area contributed by atoms with Crippen LogP contribution in [0, 0.1) is 0 Å². The second-order valence-corrected chi connectivity index (χ2v) is 6.28. The van der Waals surface area contributed by atoms with E-state index in [0.717, 1.165) is 6.42 Å². The standard InChI is InChI=1S/C20H38O2/c1-3-4-5-6-7-8-9-10-11-12-13-14-15-16-17-18-19-22-20(2)21/h6-7H,3-5,8-19H2,1-2H3. The summed E-state index contributed by atoms with van der Waals surface area (Å²) in [6, 6.07) is 0. The molecule has 0 saturated heterocycles. The Bertz CT molecular complexity index is 258. The van der Waals surface area contributed by atoms with E-state index in [0.29, 0.717) is 6.61 Å². The second-order valence-electron chi connectivity index (χ2n) is 6.28. The molecule has 0 N–H and O–H groups in total. The van der Waals surface area contributed by atoms with Crippen molar-refractivity contribution in [2.45, 2.75) is 104 Å². The van der Waals surface area contributed by atoms with Crippen molar-refractivity contribution < 1.29 is 9.53 Å². The zero-order valence-corrected chi connectivity index (χ0v) is 15.1. The van der Waals surface area contributed by atoms with Crippen molar-refractivity contribution in [2.24, 2.45) is 0 Å².